The first kappa shape index (κ1) is 24.7. The summed E-state index contributed by atoms with van der Waals surface area (Å²) in [5, 5.41) is 11.7. The molecule has 0 radical (unpaired) electrons. The summed E-state index contributed by atoms with van der Waals surface area (Å²) in [4.78, 5) is 20.8. The molecule has 2 saturated heterocycles. The van der Waals surface area contributed by atoms with Crippen molar-refractivity contribution in [3.63, 3.8) is 0 Å². The first-order chi connectivity index (χ1) is 18.1. The smallest absolute Gasteiger partial charge is 0.465 e. The van der Waals surface area contributed by atoms with Crippen molar-refractivity contribution in [2.24, 2.45) is 0 Å². The Balaban J connectivity index is 1.20. The minimum Gasteiger partial charge on any atom is -0.465 e. The van der Waals surface area contributed by atoms with Crippen LogP contribution in [0, 0.1) is 0 Å². The van der Waals surface area contributed by atoms with Gasteiger partial charge in [-0.15, -0.1) is 0 Å². The van der Waals surface area contributed by atoms with E-state index in [0.29, 0.717) is 12.4 Å². The van der Waals surface area contributed by atoms with E-state index in [-0.39, 0.29) is 24.4 Å². The Kier molecular flexibility index (Phi) is 5.85. The van der Waals surface area contributed by atoms with Crippen LogP contribution < -0.4 is 5.46 Å². The van der Waals surface area contributed by atoms with Crippen molar-refractivity contribution in [2.45, 2.75) is 57.8 Å². The van der Waals surface area contributed by atoms with Crippen molar-refractivity contribution in [2.75, 3.05) is 6.54 Å². The van der Waals surface area contributed by atoms with Gasteiger partial charge < -0.3 is 19.4 Å². The van der Waals surface area contributed by atoms with E-state index < -0.39 is 6.09 Å². The SMILES string of the molecule is CC1(C)OB(c2ccc3cc(-c4ccc(-c5cnc(C6CCCN6C(=O)O)[nH]5)cc4)ccc3c2)OC1(C)C. The Hall–Kier alpha value is -3.62. The highest BCUT2D eigenvalue weighted by Crippen LogP contribution is 2.37. The van der Waals surface area contributed by atoms with Crippen molar-refractivity contribution in [1.82, 2.24) is 14.9 Å². The van der Waals surface area contributed by atoms with E-state index in [1.54, 1.807) is 6.20 Å². The lowest BCUT2D eigenvalue weighted by atomic mass is 9.78. The van der Waals surface area contributed by atoms with Crippen LogP contribution in [0.15, 0.2) is 66.9 Å². The number of amides is 1. The van der Waals surface area contributed by atoms with Crippen LogP contribution in [0.5, 0.6) is 0 Å². The van der Waals surface area contributed by atoms with Crippen LogP contribution in [0.25, 0.3) is 33.2 Å². The van der Waals surface area contributed by atoms with Crippen LogP contribution in [0.3, 0.4) is 0 Å². The molecule has 2 fully saturated rings. The average molecular weight is 509 g/mol. The third-order valence-electron chi connectivity index (χ3n) is 8.33. The number of benzene rings is 3. The second-order valence-electron chi connectivity index (χ2n) is 11.3. The maximum absolute atomic E-state index is 11.5. The molecule has 3 heterocycles. The number of aromatic amines is 1. The summed E-state index contributed by atoms with van der Waals surface area (Å²) in [7, 11) is -0.375. The van der Waals surface area contributed by atoms with Gasteiger partial charge in [-0.2, -0.15) is 0 Å². The van der Waals surface area contributed by atoms with Crippen LogP contribution in [0.4, 0.5) is 4.79 Å². The Bertz CT molecular complexity index is 1500. The van der Waals surface area contributed by atoms with E-state index in [2.05, 4.69) is 98.3 Å². The third-order valence-corrected chi connectivity index (χ3v) is 8.33. The Morgan fingerprint density at radius 3 is 2.29 bits per heavy atom. The van der Waals surface area contributed by atoms with Gasteiger partial charge in [0.2, 0.25) is 0 Å². The van der Waals surface area contributed by atoms with Crippen molar-refractivity contribution in [3.05, 3.63) is 72.7 Å². The zero-order valence-electron chi connectivity index (χ0n) is 22.2. The largest absolute Gasteiger partial charge is 0.494 e. The second kappa shape index (κ2) is 9.00. The zero-order chi connectivity index (χ0) is 26.7. The summed E-state index contributed by atoms with van der Waals surface area (Å²) in [6.07, 6.45) is 2.54. The fraction of sp³-hybridized carbons (Fsp3) is 0.333. The molecule has 1 amide bonds. The molecule has 0 bridgehead atoms. The Labute approximate surface area is 222 Å². The van der Waals surface area contributed by atoms with Gasteiger partial charge in [-0.1, -0.05) is 54.6 Å². The fourth-order valence-electron chi connectivity index (χ4n) is 5.34. The van der Waals surface area contributed by atoms with Gasteiger partial charge >= 0.3 is 13.2 Å². The van der Waals surface area contributed by atoms with Crippen LogP contribution in [-0.4, -0.2) is 50.9 Å². The molecule has 1 unspecified atom stereocenters. The van der Waals surface area contributed by atoms with Crippen LogP contribution >= 0.6 is 0 Å². The summed E-state index contributed by atoms with van der Waals surface area (Å²) in [6.45, 7) is 8.83. The van der Waals surface area contributed by atoms with Crippen LogP contribution in [0.1, 0.15) is 52.4 Å². The number of hydrogen-bond acceptors (Lipinski definition) is 4. The molecule has 0 saturated carbocycles. The summed E-state index contributed by atoms with van der Waals surface area (Å²) in [5.41, 5.74) is 4.46. The lowest BCUT2D eigenvalue weighted by molar-refractivity contribution is 0.00578. The molecule has 0 aliphatic carbocycles. The van der Waals surface area contributed by atoms with E-state index in [9.17, 15) is 9.90 Å². The van der Waals surface area contributed by atoms with Crippen molar-refractivity contribution >= 4 is 29.4 Å². The second-order valence-corrected chi connectivity index (χ2v) is 11.3. The number of H-pyrrole nitrogens is 1. The first-order valence-electron chi connectivity index (χ1n) is 13.2. The monoisotopic (exact) mass is 509 g/mol. The lowest BCUT2D eigenvalue weighted by Crippen LogP contribution is -2.41. The number of carbonyl (C=O) groups is 1. The lowest BCUT2D eigenvalue weighted by Gasteiger charge is -2.32. The molecular weight excluding hydrogens is 477 g/mol. The highest BCUT2D eigenvalue weighted by atomic mass is 16.7. The quantitative estimate of drug-likeness (QED) is 0.329. The first-order valence-corrected chi connectivity index (χ1v) is 13.2. The molecule has 2 N–H and O–H groups in total. The number of nitrogens with one attached hydrogen (secondary N) is 1. The zero-order valence-corrected chi connectivity index (χ0v) is 22.2. The molecule has 38 heavy (non-hydrogen) atoms. The molecule has 1 aromatic heterocycles. The number of aromatic nitrogens is 2. The number of carboxylic acid groups (broad SMARTS) is 1. The minimum absolute atomic E-state index is 0.205. The molecule has 194 valence electrons. The topological polar surface area (TPSA) is 87.7 Å². The maximum Gasteiger partial charge on any atom is 0.494 e. The van der Waals surface area contributed by atoms with Crippen molar-refractivity contribution < 1.29 is 19.2 Å². The molecule has 3 aromatic carbocycles. The van der Waals surface area contributed by atoms with Gasteiger partial charge in [0.05, 0.1) is 29.1 Å². The molecule has 7 nitrogen and oxygen atoms in total. The van der Waals surface area contributed by atoms with Gasteiger partial charge in [0, 0.05) is 6.54 Å². The Morgan fingerprint density at radius 2 is 1.58 bits per heavy atom. The number of likely N-dealkylation sites (tertiary alicyclic amines) is 1. The minimum atomic E-state index is -0.894. The van der Waals surface area contributed by atoms with Gasteiger partial charge in [-0.25, -0.2) is 9.78 Å². The van der Waals surface area contributed by atoms with Gasteiger partial charge in [0.15, 0.2) is 0 Å². The molecule has 8 heteroatoms. The predicted molar refractivity (Wildman–Crippen MR) is 149 cm³/mol. The summed E-state index contributed by atoms with van der Waals surface area (Å²) in [5.74, 6) is 0.707. The van der Waals surface area contributed by atoms with Crippen LogP contribution in [0.2, 0.25) is 0 Å². The number of hydrogen-bond donors (Lipinski definition) is 2. The van der Waals surface area contributed by atoms with Gasteiger partial charge in [-0.05, 0) is 79.5 Å². The number of fused-ring (bicyclic) bond motifs is 1. The van der Waals surface area contributed by atoms with Crippen molar-refractivity contribution in [3.8, 4) is 22.4 Å². The van der Waals surface area contributed by atoms with E-state index in [1.165, 1.54) is 4.90 Å². The van der Waals surface area contributed by atoms with Crippen LogP contribution in [-0.2, 0) is 9.31 Å². The average Bonchev–Trinajstić information content (AvgIpc) is 3.61. The third kappa shape index (κ3) is 4.27. The molecule has 2 aliphatic heterocycles. The molecule has 1 atom stereocenters. The Morgan fingerprint density at radius 1 is 0.947 bits per heavy atom. The summed E-state index contributed by atoms with van der Waals surface area (Å²) < 4.78 is 12.5. The molecule has 4 aromatic rings. The van der Waals surface area contributed by atoms with E-state index >= 15 is 0 Å². The number of rotatable bonds is 4. The van der Waals surface area contributed by atoms with E-state index in [1.807, 2.05) is 0 Å². The maximum atomic E-state index is 11.5. The summed E-state index contributed by atoms with van der Waals surface area (Å²) >= 11 is 0. The molecule has 6 rings (SSSR count). The highest BCUT2D eigenvalue weighted by molar-refractivity contribution is 6.62. The van der Waals surface area contributed by atoms with Crippen molar-refractivity contribution in [1.29, 1.82) is 0 Å². The standard InChI is InChI=1S/C30H32BN3O4/c1-29(2)30(3,4)38-31(37-29)24-14-13-22-16-21(11-12-23(22)17-24)19-7-9-20(10-8-19)25-18-32-27(33-25)26-6-5-15-34(26)28(35)36/h7-14,16-18,26H,5-6,15H2,1-4H3,(H,32,33)(H,35,36). The molecule has 2 aliphatic rings. The highest BCUT2D eigenvalue weighted by Gasteiger charge is 2.51. The van der Waals surface area contributed by atoms with E-state index in [4.69, 9.17) is 9.31 Å². The predicted octanol–water partition coefficient (Wildman–Crippen LogP) is 6.01. The fourth-order valence-corrected chi connectivity index (χ4v) is 5.34. The van der Waals surface area contributed by atoms with Gasteiger partial charge in [-0.3, -0.25) is 4.90 Å². The molecular formula is C30H32BN3O4. The van der Waals surface area contributed by atoms with Gasteiger partial charge in [0.1, 0.15) is 5.82 Å². The number of nitrogens with zero attached hydrogens (tertiary/aromatic N) is 2. The van der Waals surface area contributed by atoms with Gasteiger partial charge in [0.25, 0.3) is 0 Å². The normalized spacial score (nSPS) is 20.4. The van der Waals surface area contributed by atoms with E-state index in [0.717, 1.165) is 51.5 Å². The summed E-state index contributed by atoms with van der Waals surface area (Å²) in [6, 6.07) is 21.0. The number of imidazole rings is 1. The molecule has 0 spiro atoms.